The molecular formula is C21H22N8O. The van der Waals surface area contributed by atoms with Crippen molar-refractivity contribution in [2.75, 3.05) is 30.0 Å². The maximum atomic E-state index is 12.4. The monoisotopic (exact) mass is 402 g/mol. The molecule has 9 nitrogen and oxygen atoms in total. The van der Waals surface area contributed by atoms with E-state index in [4.69, 9.17) is 5.73 Å². The van der Waals surface area contributed by atoms with Crippen LogP contribution < -0.4 is 16.4 Å². The van der Waals surface area contributed by atoms with E-state index in [0.29, 0.717) is 36.0 Å². The quantitative estimate of drug-likeness (QED) is 0.544. The van der Waals surface area contributed by atoms with E-state index in [2.05, 4.69) is 30.9 Å². The molecule has 30 heavy (non-hydrogen) atoms. The molecule has 1 aliphatic rings. The van der Waals surface area contributed by atoms with Crippen LogP contribution in [-0.2, 0) is 6.54 Å². The molecule has 0 radical (unpaired) electrons. The molecule has 4 rings (SSSR count). The molecule has 1 atom stereocenters. The number of nitrogens with zero attached hydrogens (tertiary/aromatic N) is 5. The number of benzene rings is 2. The lowest BCUT2D eigenvalue weighted by atomic mass is 10.1. The second-order valence-corrected chi connectivity index (χ2v) is 6.90. The van der Waals surface area contributed by atoms with E-state index < -0.39 is 0 Å². The van der Waals surface area contributed by atoms with Gasteiger partial charge in [-0.3, -0.25) is 9.80 Å². The molecular weight excluding hydrogens is 380 g/mol. The van der Waals surface area contributed by atoms with E-state index in [-0.39, 0.29) is 11.9 Å². The maximum absolute atomic E-state index is 12.4. The second kappa shape index (κ2) is 8.56. The highest BCUT2D eigenvalue weighted by molar-refractivity contribution is 6.05. The van der Waals surface area contributed by atoms with Gasteiger partial charge in [0, 0.05) is 25.4 Å². The van der Waals surface area contributed by atoms with Gasteiger partial charge >= 0.3 is 0 Å². The summed E-state index contributed by atoms with van der Waals surface area (Å²) in [6.07, 6.45) is 1.72. The molecule has 2 heterocycles. The summed E-state index contributed by atoms with van der Waals surface area (Å²) in [5.41, 5.74) is 9.42. The topological polar surface area (TPSA) is 121 Å². The van der Waals surface area contributed by atoms with Gasteiger partial charge in [0.2, 0.25) is 5.95 Å². The Morgan fingerprint density at radius 3 is 2.70 bits per heavy atom. The average Bonchev–Trinajstić information content (AvgIpc) is 3.20. The normalized spacial score (nSPS) is 15.2. The van der Waals surface area contributed by atoms with Crippen LogP contribution in [-0.4, -0.2) is 34.5 Å². The fourth-order valence-corrected chi connectivity index (χ4v) is 3.08. The van der Waals surface area contributed by atoms with Gasteiger partial charge in [0.15, 0.2) is 0 Å². The first-order chi connectivity index (χ1) is 14.6. The lowest BCUT2D eigenvalue weighted by Crippen LogP contribution is -2.18. The first-order valence-corrected chi connectivity index (χ1v) is 9.52. The summed E-state index contributed by atoms with van der Waals surface area (Å²) in [7, 11) is 1.88. The van der Waals surface area contributed by atoms with Crippen LogP contribution in [0.4, 0.5) is 17.3 Å². The number of nitrogens with one attached hydrogen (secondary N) is 2. The number of amides is 1. The molecule has 1 amide bonds. The molecule has 9 heteroatoms. The van der Waals surface area contributed by atoms with E-state index in [0.717, 1.165) is 11.3 Å². The molecule has 0 spiro atoms. The molecule has 2 aromatic carbocycles. The van der Waals surface area contributed by atoms with Crippen molar-refractivity contribution in [1.29, 1.82) is 0 Å². The predicted octanol–water partition coefficient (Wildman–Crippen LogP) is 3.28. The summed E-state index contributed by atoms with van der Waals surface area (Å²) in [5, 5.41) is 15.9. The minimum atomic E-state index is -0.208. The third-order valence-corrected chi connectivity index (χ3v) is 4.80. The summed E-state index contributed by atoms with van der Waals surface area (Å²) < 4.78 is 0. The van der Waals surface area contributed by atoms with Crippen molar-refractivity contribution >= 4 is 23.2 Å². The zero-order valence-electron chi connectivity index (χ0n) is 16.5. The second-order valence-electron chi connectivity index (χ2n) is 6.90. The Kier molecular flexibility index (Phi) is 5.51. The largest absolute Gasteiger partial charge is 0.397 e. The number of hydrogen-bond donors (Lipinski definition) is 3. The summed E-state index contributed by atoms with van der Waals surface area (Å²) in [4.78, 5) is 21.3. The number of nitrogens with two attached hydrogens (primary N) is 1. The molecule has 1 aliphatic heterocycles. The molecule has 0 bridgehead atoms. The SMILES string of the molecule is CN1N=NCC1c1ccnc(NCc2ccc(C(=O)Nc3ccccc3N)cc2)n1. The van der Waals surface area contributed by atoms with Gasteiger partial charge in [0.1, 0.15) is 6.04 Å². The third kappa shape index (κ3) is 4.35. The zero-order valence-corrected chi connectivity index (χ0v) is 16.5. The van der Waals surface area contributed by atoms with Crippen LogP contribution in [0.1, 0.15) is 27.7 Å². The van der Waals surface area contributed by atoms with Gasteiger partial charge in [-0.1, -0.05) is 29.5 Å². The Labute approximate surface area is 174 Å². The number of nitrogen functional groups attached to an aromatic ring is 1. The molecule has 0 aliphatic carbocycles. The molecule has 152 valence electrons. The fraction of sp³-hybridized carbons (Fsp3) is 0.190. The highest BCUT2D eigenvalue weighted by Gasteiger charge is 2.22. The van der Waals surface area contributed by atoms with Crippen LogP contribution in [0.25, 0.3) is 0 Å². The Morgan fingerprint density at radius 1 is 1.17 bits per heavy atom. The van der Waals surface area contributed by atoms with Gasteiger partial charge < -0.3 is 16.4 Å². The number of anilines is 3. The number of carbonyl (C=O) groups is 1. The van der Waals surface area contributed by atoms with E-state index >= 15 is 0 Å². The Balaban J connectivity index is 1.36. The number of para-hydroxylation sites is 2. The van der Waals surface area contributed by atoms with E-state index in [9.17, 15) is 4.79 Å². The Bertz CT molecular complexity index is 1070. The number of carbonyl (C=O) groups excluding carboxylic acids is 1. The van der Waals surface area contributed by atoms with Crippen LogP contribution >= 0.6 is 0 Å². The number of rotatable bonds is 6. The van der Waals surface area contributed by atoms with Crippen molar-refractivity contribution in [1.82, 2.24) is 15.0 Å². The highest BCUT2D eigenvalue weighted by atomic mass is 16.1. The molecule has 0 fully saturated rings. The lowest BCUT2D eigenvalue weighted by Gasteiger charge is -2.16. The van der Waals surface area contributed by atoms with Crippen LogP contribution in [0.5, 0.6) is 0 Å². The smallest absolute Gasteiger partial charge is 0.255 e. The molecule has 0 saturated heterocycles. The number of aromatic nitrogens is 2. The van der Waals surface area contributed by atoms with Crippen LogP contribution in [0.3, 0.4) is 0 Å². The van der Waals surface area contributed by atoms with Crippen LogP contribution in [0.15, 0.2) is 71.1 Å². The first-order valence-electron chi connectivity index (χ1n) is 9.52. The maximum Gasteiger partial charge on any atom is 0.255 e. The number of likely N-dealkylation sites (N-methyl/N-ethyl adjacent to an activating group) is 1. The Morgan fingerprint density at radius 2 is 1.97 bits per heavy atom. The Hall–Kier alpha value is -4.01. The van der Waals surface area contributed by atoms with Gasteiger partial charge in [-0.15, -0.1) is 0 Å². The van der Waals surface area contributed by atoms with Gasteiger partial charge in [0.05, 0.1) is 23.6 Å². The molecule has 1 aromatic heterocycles. The fourth-order valence-electron chi connectivity index (χ4n) is 3.08. The highest BCUT2D eigenvalue weighted by Crippen LogP contribution is 2.23. The van der Waals surface area contributed by atoms with Crippen LogP contribution in [0.2, 0.25) is 0 Å². The predicted molar refractivity (Wildman–Crippen MR) is 115 cm³/mol. The van der Waals surface area contributed by atoms with Crippen molar-refractivity contribution < 1.29 is 4.79 Å². The standard InChI is InChI=1S/C21H22N8O/c1-29-19(13-25-28-29)18-10-11-23-21(27-18)24-12-14-6-8-15(9-7-14)20(30)26-17-5-3-2-4-16(17)22/h2-11,19H,12-13,22H2,1H3,(H,26,30)(H,23,24,27). The summed E-state index contributed by atoms with van der Waals surface area (Å²) >= 11 is 0. The van der Waals surface area contributed by atoms with Gasteiger partial charge in [-0.2, -0.15) is 5.11 Å². The average molecular weight is 402 g/mol. The summed E-state index contributed by atoms with van der Waals surface area (Å²) in [6, 6.07) is 16.4. The van der Waals surface area contributed by atoms with Crippen molar-refractivity contribution in [3.63, 3.8) is 0 Å². The molecule has 4 N–H and O–H groups in total. The van der Waals surface area contributed by atoms with Crippen molar-refractivity contribution in [2.24, 2.45) is 10.3 Å². The van der Waals surface area contributed by atoms with Crippen molar-refractivity contribution in [3.05, 3.63) is 77.6 Å². The van der Waals surface area contributed by atoms with E-state index in [1.807, 2.05) is 37.4 Å². The van der Waals surface area contributed by atoms with E-state index in [1.54, 1.807) is 35.5 Å². The molecule has 1 unspecified atom stereocenters. The van der Waals surface area contributed by atoms with Crippen molar-refractivity contribution in [3.8, 4) is 0 Å². The molecule has 3 aromatic rings. The van der Waals surface area contributed by atoms with Gasteiger partial charge in [-0.05, 0) is 35.9 Å². The third-order valence-electron chi connectivity index (χ3n) is 4.80. The molecule has 0 saturated carbocycles. The zero-order chi connectivity index (χ0) is 20.9. The number of hydrogen-bond acceptors (Lipinski definition) is 8. The summed E-state index contributed by atoms with van der Waals surface area (Å²) in [5.74, 6) is 0.328. The van der Waals surface area contributed by atoms with Crippen LogP contribution in [0, 0.1) is 0 Å². The van der Waals surface area contributed by atoms with Gasteiger partial charge in [-0.25, -0.2) is 9.97 Å². The first kappa shape index (κ1) is 19.3. The lowest BCUT2D eigenvalue weighted by molar-refractivity contribution is 0.102. The van der Waals surface area contributed by atoms with E-state index in [1.165, 1.54) is 0 Å². The minimum Gasteiger partial charge on any atom is -0.397 e. The minimum absolute atomic E-state index is 0.0324. The van der Waals surface area contributed by atoms with Crippen molar-refractivity contribution in [2.45, 2.75) is 12.6 Å². The van der Waals surface area contributed by atoms with Gasteiger partial charge in [0.25, 0.3) is 5.91 Å². The summed E-state index contributed by atoms with van der Waals surface area (Å²) in [6.45, 7) is 1.12.